The number of nitrogens with two attached hydrogens (primary N) is 1. The standard InChI is InChI=1S/C14H22N2O/c1-5-11-8-12(7-6-10(11)4)16-14(17)13(15)9(2)3/h6-9,13H,5,15H2,1-4H3,(H,16,17)/t13-/m0/s1. The van der Waals surface area contributed by atoms with Crippen molar-refractivity contribution in [2.45, 2.75) is 40.2 Å². The molecule has 3 N–H and O–H groups in total. The van der Waals surface area contributed by atoms with Crippen LogP contribution < -0.4 is 11.1 Å². The third-order valence-electron chi connectivity index (χ3n) is 3.02. The quantitative estimate of drug-likeness (QED) is 0.841. The summed E-state index contributed by atoms with van der Waals surface area (Å²) in [6.45, 7) is 8.06. The van der Waals surface area contributed by atoms with Crippen molar-refractivity contribution in [2.75, 3.05) is 5.32 Å². The minimum Gasteiger partial charge on any atom is -0.325 e. The number of nitrogens with one attached hydrogen (secondary N) is 1. The van der Waals surface area contributed by atoms with E-state index in [1.54, 1.807) is 0 Å². The Morgan fingerprint density at radius 1 is 1.41 bits per heavy atom. The maximum atomic E-state index is 11.8. The van der Waals surface area contributed by atoms with Gasteiger partial charge in [0, 0.05) is 5.69 Å². The van der Waals surface area contributed by atoms with Gasteiger partial charge in [0.2, 0.25) is 5.91 Å². The van der Waals surface area contributed by atoms with Gasteiger partial charge < -0.3 is 11.1 Å². The largest absolute Gasteiger partial charge is 0.325 e. The van der Waals surface area contributed by atoms with Crippen LogP contribution in [0.2, 0.25) is 0 Å². The van der Waals surface area contributed by atoms with Crippen molar-refractivity contribution in [2.24, 2.45) is 11.7 Å². The van der Waals surface area contributed by atoms with Crippen molar-refractivity contribution < 1.29 is 4.79 Å². The maximum absolute atomic E-state index is 11.8. The number of rotatable bonds is 4. The summed E-state index contributed by atoms with van der Waals surface area (Å²) in [5.74, 6) is 0.0250. The van der Waals surface area contributed by atoms with Gasteiger partial charge in [-0.1, -0.05) is 26.8 Å². The van der Waals surface area contributed by atoms with Crippen molar-refractivity contribution in [3.8, 4) is 0 Å². The lowest BCUT2D eigenvalue weighted by Gasteiger charge is -2.16. The van der Waals surface area contributed by atoms with Gasteiger partial charge in [0.05, 0.1) is 6.04 Å². The van der Waals surface area contributed by atoms with Gasteiger partial charge in [-0.3, -0.25) is 4.79 Å². The molecular formula is C14H22N2O. The molecule has 1 aromatic rings. The van der Waals surface area contributed by atoms with Gasteiger partial charge in [0.1, 0.15) is 0 Å². The Kier molecular flexibility index (Phi) is 4.70. The summed E-state index contributed by atoms with van der Waals surface area (Å²) in [6, 6.07) is 5.50. The number of benzene rings is 1. The molecular weight excluding hydrogens is 212 g/mol. The Morgan fingerprint density at radius 3 is 2.59 bits per heavy atom. The van der Waals surface area contributed by atoms with Crippen LogP contribution in [0.3, 0.4) is 0 Å². The lowest BCUT2D eigenvalue weighted by Crippen LogP contribution is -2.39. The topological polar surface area (TPSA) is 55.1 Å². The van der Waals surface area contributed by atoms with E-state index < -0.39 is 6.04 Å². The molecule has 0 saturated heterocycles. The van der Waals surface area contributed by atoms with Crippen LogP contribution in [0.4, 0.5) is 5.69 Å². The molecule has 3 heteroatoms. The molecule has 94 valence electrons. The van der Waals surface area contributed by atoms with Gasteiger partial charge >= 0.3 is 0 Å². The molecule has 1 rings (SSSR count). The van der Waals surface area contributed by atoms with Crippen molar-refractivity contribution in [1.82, 2.24) is 0 Å². The maximum Gasteiger partial charge on any atom is 0.241 e. The zero-order chi connectivity index (χ0) is 13.0. The molecule has 0 unspecified atom stereocenters. The zero-order valence-electron chi connectivity index (χ0n) is 11.1. The molecule has 0 heterocycles. The smallest absolute Gasteiger partial charge is 0.241 e. The second-order valence-corrected chi connectivity index (χ2v) is 4.75. The number of aryl methyl sites for hydroxylation is 2. The van der Waals surface area contributed by atoms with E-state index in [4.69, 9.17) is 5.73 Å². The molecule has 0 aliphatic carbocycles. The molecule has 3 nitrogen and oxygen atoms in total. The molecule has 1 amide bonds. The minimum atomic E-state index is -0.457. The van der Waals surface area contributed by atoms with Crippen molar-refractivity contribution in [3.63, 3.8) is 0 Å². The van der Waals surface area contributed by atoms with Gasteiger partial charge in [-0.2, -0.15) is 0 Å². The first-order chi connectivity index (χ1) is 7.95. The van der Waals surface area contributed by atoms with E-state index in [0.29, 0.717) is 0 Å². The van der Waals surface area contributed by atoms with Crippen LogP contribution in [0.5, 0.6) is 0 Å². The first-order valence-electron chi connectivity index (χ1n) is 6.11. The average Bonchev–Trinajstić information content (AvgIpc) is 2.30. The second kappa shape index (κ2) is 5.82. The third kappa shape index (κ3) is 3.56. The van der Waals surface area contributed by atoms with Gasteiger partial charge in [-0.05, 0) is 42.5 Å². The summed E-state index contributed by atoms with van der Waals surface area (Å²) in [5.41, 5.74) is 9.12. The molecule has 0 bridgehead atoms. The highest BCUT2D eigenvalue weighted by Gasteiger charge is 2.17. The summed E-state index contributed by atoms with van der Waals surface area (Å²) in [7, 11) is 0. The summed E-state index contributed by atoms with van der Waals surface area (Å²) in [4.78, 5) is 11.8. The normalized spacial score (nSPS) is 12.6. The molecule has 0 fully saturated rings. The number of carbonyl (C=O) groups is 1. The first-order valence-corrected chi connectivity index (χ1v) is 6.11. The van der Waals surface area contributed by atoms with E-state index in [1.165, 1.54) is 11.1 Å². The van der Waals surface area contributed by atoms with Gasteiger partial charge in [0.15, 0.2) is 0 Å². The fraction of sp³-hybridized carbons (Fsp3) is 0.500. The van der Waals surface area contributed by atoms with Crippen LogP contribution in [-0.2, 0) is 11.2 Å². The van der Waals surface area contributed by atoms with E-state index in [9.17, 15) is 4.79 Å². The van der Waals surface area contributed by atoms with Gasteiger partial charge in [0.25, 0.3) is 0 Å². The number of amides is 1. The predicted molar refractivity (Wildman–Crippen MR) is 72.0 cm³/mol. The van der Waals surface area contributed by atoms with Crippen LogP contribution in [0.25, 0.3) is 0 Å². The number of hydrogen-bond donors (Lipinski definition) is 2. The molecule has 17 heavy (non-hydrogen) atoms. The molecule has 0 spiro atoms. The minimum absolute atomic E-state index is 0.120. The van der Waals surface area contributed by atoms with Crippen molar-refractivity contribution in [3.05, 3.63) is 29.3 Å². The van der Waals surface area contributed by atoms with E-state index in [2.05, 4.69) is 19.2 Å². The van der Waals surface area contributed by atoms with E-state index in [-0.39, 0.29) is 11.8 Å². The zero-order valence-corrected chi connectivity index (χ0v) is 11.1. The highest BCUT2D eigenvalue weighted by Crippen LogP contribution is 2.16. The van der Waals surface area contributed by atoms with Crippen LogP contribution in [0.15, 0.2) is 18.2 Å². The summed E-state index contributed by atoms with van der Waals surface area (Å²) < 4.78 is 0. The Bertz CT molecular complexity index is 399. The Balaban J connectivity index is 2.78. The van der Waals surface area contributed by atoms with Crippen LogP contribution in [-0.4, -0.2) is 11.9 Å². The van der Waals surface area contributed by atoms with Crippen molar-refractivity contribution in [1.29, 1.82) is 0 Å². The monoisotopic (exact) mass is 234 g/mol. The molecule has 1 atom stereocenters. The van der Waals surface area contributed by atoms with Gasteiger partial charge in [-0.25, -0.2) is 0 Å². The van der Waals surface area contributed by atoms with E-state index in [1.807, 2.05) is 32.0 Å². The summed E-state index contributed by atoms with van der Waals surface area (Å²) in [5, 5.41) is 2.86. The predicted octanol–water partition coefficient (Wildman–Crippen LogP) is 2.48. The van der Waals surface area contributed by atoms with Gasteiger partial charge in [-0.15, -0.1) is 0 Å². The molecule has 0 radical (unpaired) electrons. The van der Waals surface area contributed by atoms with E-state index >= 15 is 0 Å². The Labute approximate surface area is 103 Å². The van der Waals surface area contributed by atoms with Crippen LogP contribution in [0.1, 0.15) is 31.9 Å². The average molecular weight is 234 g/mol. The molecule has 1 aromatic carbocycles. The van der Waals surface area contributed by atoms with Crippen molar-refractivity contribution >= 4 is 11.6 Å². The summed E-state index contributed by atoms with van der Waals surface area (Å²) in [6.07, 6.45) is 0.964. The SMILES string of the molecule is CCc1cc(NC(=O)[C@@H](N)C(C)C)ccc1C. The first kappa shape index (κ1) is 13.7. The fourth-order valence-electron chi connectivity index (χ4n) is 1.66. The number of carbonyl (C=O) groups excluding carboxylic acids is 1. The number of hydrogen-bond acceptors (Lipinski definition) is 2. The van der Waals surface area contributed by atoms with Crippen LogP contribution in [0, 0.1) is 12.8 Å². The lowest BCUT2D eigenvalue weighted by atomic mass is 10.0. The van der Waals surface area contributed by atoms with Crippen LogP contribution >= 0.6 is 0 Å². The van der Waals surface area contributed by atoms with E-state index in [0.717, 1.165) is 12.1 Å². The Hall–Kier alpha value is -1.35. The highest BCUT2D eigenvalue weighted by molar-refractivity contribution is 5.94. The third-order valence-corrected chi connectivity index (χ3v) is 3.02. The lowest BCUT2D eigenvalue weighted by molar-refractivity contribution is -0.118. The second-order valence-electron chi connectivity index (χ2n) is 4.75. The highest BCUT2D eigenvalue weighted by atomic mass is 16.2. The fourth-order valence-corrected chi connectivity index (χ4v) is 1.66. The summed E-state index contributed by atoms with van der Waals surface area (Å²) >= 11 is 0. The molecule has 0 aliphatic rings. The molecule has 0 saturated carbocycles. The number of anilines is 1. The molecule has 0 aromatic heterocycles. The molecule has 0 aliphatic heterocycles. The Morgan fingerprint density at radius 2 is 2.06 bits per heavy atom.